The maximum absolute atomic E-state index is 14.6. The van der Waals surface area contributed by atoms with Crippen molar-refractivity contribution in [3.8, 4) is 0 Å². The predicted molar refractivity (Wildman–Crippen MR) is 199 cm³/mol. The van der Waals surface area contributed by atoms with Gasteiger partial charge in [0.05, 0.1) is 30.6 Å². The number of halogens is 1. The molecule has 1 aliphatic carbocycles. The van der Waals surface area contributed by atoms with E-state index in [-0.39, 0.29) is 47.2 Å². The number of piperazine rings is 1. The molecule has 4 aliphatic rings. The van der Waals surface area contributed by atoms with Crippen molar-refractivity contribution in [3.05, 3.63) is 70.7 Å². The molecule has 3 heterocycles. The highest BCUT2D eigenvalue weighted by atomic mass is 35.5. The van der Waals surface area contributed by atoms with Gasteiger partial charge in [-0.05, 0) is 100 Å². The zero-order chi connectivity index (χ0) is 35.1. The molecular formula is C39H57ClN4O5S. The zero-order valence-corrected chi connectivity index (χ0v) is 31.4. The minimum atomic E-state index is -3.23. The van der Waals surface area contributed by atoms with Gasteiger partial charge in [0.15, 0.2) is 0 Å². The van der Waals surface area contributed by atoms with Gasteiger partial charge in [-0.2, -0.15) is 4.31 Å². The van der Waals surface area contributed by atoms with Crippen LogP contribution in [-0.4, -0.2) is 87.0 Å². The van der Waals surface area contributed by atoms with Crippen molar-refractivity contribution in [2.24, 2.45) is 11.8 Å². The number of ether oxygens (including phenoxy) is 2. The molecule has 0 aromatic heterocycles. The fourth-order valence-corrected chi connectivity index (χ4v) is 10.9. The van der Waals surface area contributed by atoms with E-state index in [9.17, 15) is 13.2 Å². The Bertz CT molecular complexity index is 1490. The van der Waals surface area contributed by atoms with Crippen LogP contribution in [-0.2, 0) is 30.9 Å². The van der Waals surface area contributed by atoms with Crippen molar-refractivity contribution in [3.63, 3.8) is 0 Å². The number of amides is 1. The Morgan fingerprint density at radius 1 is 1.06 bits per heavy atom. The molecule has 11 heteroatoms. The summed E-state index contributed by atoms with van der Waals surface area (Å²) in [4.78, 5) is 14.6. The van der Waals surface area contributed by atoms with Crippen molar-refractivity contribution >= 4 is 27.5 Å². The molecule has 2 bridgehead atoms. The van der Waals surface area contributed by atoms with E-state index in [1.54, 1.807) is 4.31 Å². The number of carbonyl (C=O) groups is 1. The number of fused-ring (bicyclic) bond motifs is 2. The van der Waals surface area contributed by atoms with Crippen LogP contribution in [0.1, 0.15) is 88.7 Å². The van der Waals surface area contributed by atoms with E-state index in [1.807, 2.05) is 30.3 Å². The number of hydrogen-bond acceptors (Lipinski definition) is 7. The number of sulfonamides is 1. The second kappa shape index (κ2) is 17.2. The maximum atomic E-state index is 14.6. The van der Waals surface area contributed by atoms with E-state index >= 15 is 0 Å². The quantitative estimate of drug-likeness (QED) is 0.216. The molecule has 8 atom stereocenters. The van der Waals surface area contributed by atoms with Crippen LogP contribution in [0.25, 0.3) is 0 Å². The highest BCUT2D eigenvalue weighted by Gasteiger charge is 2.42. The van der Waals surface area contributed by atoms with Crippen LogP contribution in [0.3, 0.4) is 0 Å². The molecule has 1 amide bonds. The minimum Gasteiger partial charge on any atom is -0.376 e. The average molecular weight is 729 g/mol. The molecule has 9 nitrogen and oxygen atoms in total. The average Bonchev–Trinajstić information content (AvgIpc) is 3.49. The Balaban J connectivity index is 1.16. The van der Waals surface area contributed by atoms with Gasteiger partial charge in [-0.25, -0.2) is 8.42 Å². The van der Waals surface area contributed by atoms with Crippen molar-refractivity contribution in [2.75, 3.05) is 38.6 Å². The normalized spacial score (nSPS) is 30.2. The van der Waals surface area contributed by atoms with Crippen LogP contribution in [0.4, 0.5) is 0 Å². The largest absolute Gasteiger partial charge is 0.376 e. The summed E-state index contributed by atoms with van der Waals surface area (Å²) in [5.74, 6) is 0.725. The van der Waals surface area contributed by atoms with E-state index in [2.05, 4.69) is 54.1 Å². The second-order valence-corrected chi connectivity index (χ2v) is 18.1. The summed E-state index contributed by atoms with van der Waals surface area (Å²) in [5.41, 5.74) is 1.94. The van der Waals surface area contributed by atoms with Gasteiger partial charge in [-0.3, -0.25) is 4.79 Å². The molecule has 3 aliphatic heterocycles. The fourth-order valence-electron chi connectivity index (χ4n) is 8.94. The molecule has 3 N–H and O–H groups in total. The Morgan fingerprint density at radius 3 is 2.64 bits per heavy atom. The van der Waals surface area contributed by atoms with E-state index in [4.69, 9.17) is 21.1 Å². The van der Waals surface area contributed by atoms with Gasteiger partial charge in [0.25, 0.3) is 0 Å². The topological polar surface area (TPSA) is 109 Å². The third kappa shape index (κ3) is 9.88. The Kier molecular flexibility index (Phi) is 13.0. The highest BCUT2D eigenvalue weighted by molar-refractivity contribution is 7.89. The standard InChI is InChI=1S/C39H57ClN4O5S/c1-39(2)24-31(19-21-49-39)36(30-13-16-32(40)17-14-30)37(41-20-22-48-27-28-8-4-3-5-9-28)38(45)43-35-12-6-10-29(35)15-18-34-25-42-33-11-7-23-50(46,47)44(34)26-33/h3-5,8-9,13-14,16-17,29,31,33-37,41-42H,6-7,10-12,15,18-27H2,1-2H3,(H,43,45)/t29-,31?,33-,34+,35+,36+,37+/m1/s1. The van der Waals surface area contributed by atoms with Crippen LogP contribution < -0.4 is 16.0 Å². The number of rotatable bonds is 14. The van der Waals surface area contributed by atoms with E-state index in [1.165, 1.54) is 0 Å². The summed E-state index contributed by atoms with van der Waals surface area (Å²) in [6.45, 7) is 7.76. The molecule has 2 unspecified atom stereocenters. The van der Waals surface area contributed by atoms with Crippen LogP contribution in [0, 0.1) is 11.8 Å². The molecule has 6 rings (SSSR count). The minimum absolute atomic E-state index is 0.0199. The van der Waals surface area contributed by atoms with Gasteiger partial charge in [0, 0.05) is 55.3 Å². The Morgan fingerprint density at radius 2 is 1.86 bits per heavy atom. The first kappa shape index (κ1) is 37.7. The van der Waals surface area contributed by atoms with Gasteiger partial charge in [0.2, 0.25) is 15.9 Å². The predicted octanol–water partition coefficient (Wildman–Crippen LogP) is 5.63. The first-order valence-corrected chi connectivity index (χ1v) is 20.8. The molecule has 1 saturated carbocycles. The molecular weight excluding hydrogens is 672 g/mol. The van der Waals surface area contributed by atoms with E-state index in [0.29, 0.717) is 50.4 Å². The SMILES string of the molecule is CC1(C)CC([C@H](c2ccc(Cl)cc2)[C@H](NCCOCc2ccccc2)C(=O)N[C@H]2CCC[C@@H]2CC[C@H]2CN[C@@H]3CCCS(=O)(=O)N2C3)CCO1. The van der Waals surface area contributed by atoms with Gasteiger partial charge >= 0.3 is 0 Å². The second-order valence-electron chi connectivity index (χ2n) is 15.6. The number of benzene rings is 2. The third-order valence-corrected chi connectivity index (χ3v) is 13.7. The zero-order valence-electron chi connectivity index (χ0n) is 29.8. The smallest absolute Gasteiger partial charge is 0.238 e. The maximum Gasteiger partial charge on any atom is 0.238 e. The highest BCUT2D eigenvalue weighted by Crippen LogP contribution is 2.41. The van der Waals surface area contributed by atoms with E-state index in [0.717, 1.165) is 68.9 Å². The van der Waals surface area contributed by atoms with Crippen molar-refractivity contribution in [1.82, 2.24) is 20.3 Å². The Labute approximate surface area is 304 Å². The van der Waals surface area contributed by atoms with Crippen molar-refractivity contribution in [2.45, 2.75) is 114 Å². The molecule has 2 aromatic carbocycles. The monoisotopic (exact) mass is 728 g/mol. The van der Waals surface area contributed by atoms with Gasteiger partial charge in [-0.15, -0.1) is 0 Å². The first-order chi connectivity index (χ1) is 24.1. The Hall–Kier alpha value is -2.05. The molecule has 4 fully saturated rings. The van der Waals surface area contributed by atoms with Gasteiger partial charge < -0.3 is 25.4 Å². The van der Waals surface area contributed by atoms with Crippen molar-refractivity contribution < 1.29 is 22.7 Å². The lowest BCUT2D eigenvalue weighted by Gasteiger charge is -2.42. The van der Waals surface area contributed by atoms with Crippen LogP contribution >= 0.6 is 11.6 Å². The number of nitrogens with one attached hydrogen (secondary N) is 3. The lowest BCUT2D eigenvalue weighted by molar-refractivity contribution is -0.126. The van der Waals surface area contributed by atoms with Gasteiger partial charge in [-0.1, -0.05) is 60.5 Å². The summed E-state index contributed by atoms with van der Waals surface area (Å²) in [7, 11) is -3.23. The molecule has 50 heavy (non-hydrogen) atoms. The van der Waals surface area contributed by atoms with Crippen LogP contribution in [0.5, 0.6) is 0 Å². The van der Waals surface area contributed by atoms with Gasteiger partial charge in [0.1, 0.15) is 0 Å². The molecule has 3 saturated heterocycles. The third-order valence-electron chi connectivity index (χ3n) is 11.5. The van der Waals surface area contributed by atoms with Crippen LogP contribution in [0.2, 0.25) is 5.02 Å². The fraction of sp³-hybridized carbons (Fsp3) is 0.667. The number of hydrogen-bond donors (Lipinski definition) is 3. The van der Waals surface area contributed by atoms with E-state index < -0.39 is 16.1 Å². The summed E-state index contributed by atoms with van der Waals surface area (Å²) in [6, 6.07) is 17.9. The summed E-state index contributed by atoms with van der Waals surface area (Å²) >= 11 is 6.35. The van der Waals surface area contributed by atoms with Crippen LogP contribution in [0.15, 0.2) is 54.6 Å². The molecule has 276 valence electrons. The number of carbonyl (C=O) groups excluding carboxylic acids is 1. The summed E-state index contributed by atoms with van der Waals surface area (Å²) in [6.07, 6.45) is 8.09. The summed E-state index contributed by atoms with van der Waals surface area (Å²) < 4.78 is 40.1. The molecule has 0 radical (unpaired) electrons. The lowest BCUT2D eigenvalue weighted by atomic mass is 9.73. The summed E-state index contributed by atoms with van der Waals surface area (Å²) in [5, 5.41) is 11.5. The van der Waals surface area contributed by atoms with Crippen molar-refractivity contribution in [1.29, 1.82) is 0 Å². The lowest BCUT2D eigenvalue weighted by Crippen LogP contribution is -2.57. The number of nitrogens with zero attached hydrogens (tertiary/aromatic N) is 1. The molecule has 0 spiro atoms. The molecule has 2 aromatic rings. The first-order valence-electron chi connectivity index (χ1n) is 18.9.